The summed E-state index contributed by atoms with van der Waals surface area (Å²) in [6.45, 7) is 8.98. The summed E-state index contributed by atoms with van der Waals surface area (Å²) in [6, 6.07) is 13.2. The number of benzene rings is 1. The Morgan fingerprint density at radius 1 is 1.14 bits per heavy atom. The second kappa shape index (κ2) is 12.3. The molecule has 1 unspecified atom stereocenters. The van der Waals surface area contributed by atoms with E-state index in [-0.39, 0.29) is 23.5 Å². The normalized spacial score (nSPS) is 17.8. The van der Waals surface area contributed by atoms with Gasteiger partial charge in [0.2, 0.25) is 0 Å². The van der Waals surface area contributed by atoms with Crippen molar-refractivity contribution in [3.8, 4) is 0 Å². The number of carbonyl (C=O) groups is 3. The fourth-order valence-corrected chi connectivity index (χ4v) is 4.38. The van der Waals surface area contributed by atoms with E-state index in [4.69, 9.17) is 9.47 Å². The highest BCUT2D eigenvalue weighted by Crippen LogP contribution is 2.26. The van der Waals surface area contributed by atoms with Crippen LogP contribution in [0.15, 0.2) is 42.5 Å². The topological polar surface area (TPSA) is 97.8 Å². The molecule has 1 aliphatic heterocycles. The van der Waals surface area contributed by atoms with Crippen LogP contribution in [-0.2, 0) is 15.9 Å². The molecule has 2 aromatic rings. The number of pyridine rings is 1. The van der Waals surface area contributed by atoms with Crippen molar-refractivity contribution >= 4 is 17.8 Å². The number of amides is 2. The first kappa shape index (κ1) is 28.3. The van der Waals surface area contributed by atoms with Crippen molar-refractivity contribution in [2.45, 2.75) is 71.0 Å². The van der Waals surface area contributed by atoms with Crippen LogP contribution in [0.25, 0.3) is 0 Å². The van der Waals surface area contributed by atoms with Crippen molar-refractivity contribution in [3.05, 3.63) is 65.0 Å². The van der Waals surface area contributed by atoms with E-state index in [0.29, 0.717) is 50.2 Å². The molecule has 1 aromatic heterocycles. The summed E-state index contributed by atoms with van der Waals surface area (Å²) < 4.78 is 11.5. The van der Waals surface area contributed by atoms with E-state index in [9.17, 15) is 14.4 Å². The van der Waals surface area contributed by atoms with Crippen molar-refractivity contribution in [2.75, 3.05) is 26.7 Å². The first-order valence-corrected chi connectivity index (χ1v) is 12.9. The van der Waals surface area contributed by atoms with Crippen LogP contribution < -0.4 is 5.32 Å². The van der Waals surface area contributed by atoms with E-state index < -0.39 is 11.2 Å². The van der Waals surface area contributed by atoms with Gasteiger partial charge < -0.3 is 19.7 Å². The van der Waals surface area contributed by atoms with E-state index in [2.05, 4.69) is 10.3 Å². The monoisotopic (exact) mass is 509 g/mol. The number of morpholine rings is 1. The van der Waals surface area contributed by atoms with Crippen molar-refractivity contribution < 1.29 is 23.9 Å². The van der Waals surface area contributed by atoms with Crippen LogP contribution in [0, 0.1) is 0 Å². The molecule has 0 radical (unpaired) electrons. The molecule has 200 valence electrons. The van der Waals surface area contributed by atoms with Crippen LogP contribution in [0.5, 0.6) is 0 Å². The van der Waals surface area contributed by atoms with Gasteiger partial charge in [0.25, 0.3) is 5.91 Å². The van der Waals surface area contributed by atoms with Crippen molar-refractivity contribution in [1.82, 2.24) is 15.2 Å². The fraction of sp³-hybridized carbons (Fsp3) is 0.517. The van der Waals surface area contributed by atoms with Crippen LogP contribution in [-0.4, -0.2) is 65.6 Å². The maximum Gasteiger partial charge on any atom is 0.410 e. The lowest BCUT2D eigenvalue weighted by Gasteiger charge is -2.41. The summed E-state index contributed by atoms with van der Waals surface area (Å²) in [5, 5.41) is 2.59. The quantitative estimate of drug-likeness (QED) is 0.385. The highest BCUT2D eigenvalue weighted by Gasteiger charge is 2.35. The molecule has 2 amide bonds. The van der Waals surface area contributed by atoms with Crippen LogP contribution in [0.2, 0.25) is 0 Å². The molecule has 2 heterocycles. The van der Waals surface area contributed by atoms with Gasteiger partial charge in [-0.3, -0.25) is 9.59 Å². The summed E-state index contributed by atoms with van der Waals surface area (Å²) in [5.41, 5.74) is 1.45. The summed E-state index contributed by atoms with van der Waals surface area (Å²) in [6.07, 6.45) is 2.74. The van der Waals surface area contributed by atoms with Gasteiger partial charge in [0.05, 0.1) is 18.8 Å². The minimum absolute atomic E-state index is 0.0213. The molecule has 0 spiro atoms. The van der Waals surface area contributed by atoms with E-state index in [1.54, 1.807) is 24.1 Å². The van der Waals surface area contributed by atoms with E-state index in [1.165, 1.54) is 0 Å². The molecule has 8 heteroatoms. The zero-order valence-electron chi connectivity index (χ0n) is 22.6. The number of hydrogen-bond acceptors (Lipinski definition) is 6. The molecule has 0 bridgehead atoms. The van der Waals surface area contributed by atoms with Crippen molar-refractivity contribution in [2.24, 2.45) is 0 Å². The number of Topliss-reactive ketones (excluding diaryl/α,β-unsaturated/α-hetero) is 1. The lowest BCUT2D eigenvalue weighted by molar-refractivity contribution is -0.103. The number of nitrogens with one attached hydrogen (secondary N) is 1. The molecular formula is C29H39N3O5. The Hall–Kier alpha value is -3.26. The fourth-order valence-electron chi connectivity index (χ4n) is 4.38. The van der Waals surface area contributed by atoms with Crippen molar-refractivity contribution in [3.63, 3.8) is 0 Å². The molecule has 3 rings (SSSR count). The predicted molar refractivity (Wildman–Crippen MR) is 142 cm³/mol. The third-order valence-corrected chi connectivity index (χ3v) is 6.24. The van der Waals surface area contributed by atoms with Gasteiger partial charge >= 0.3 is 6.09 Å². The lowest BCUT2D eigenvalue weighted by atomic mass is 9.94. The molecule has 1 atom stereocenters. The highest BCUT2D eigenvalue weighted by atomic mass is 16.6. The van der Waals surface area contributed by atoms with Gasteiger partial charge in [0.1, 0.15) is 11.3 Å². The van der Waals surface area contributed by atoms with Gasteiger partial charge in [-0.25, -0.2) is 9.78 Å². The Kier molecular flexibility index (Phi) is 9.43. The van der Waals surface area contributed by atoms with Gasteiger partial charge in [-0.1, -0.05) is 36.8 Å². The number of hydrogen-bond donors (Lipinski definition) is 1. The molecule has 37 heavy (non-hydrogen) atoms. The summed E-state index contributed by atoms with van der Waals surface area (Å²) in [5.74, 6) is -0.340. The number of carbonyl (C=O) groups excluding carboxylic acids is 3. The van der Waals surface area contributed by atoms with Crippen LogP contribution >= 0.6 is 0 Å². The number of unbranched alkanes of at least 4 members (excludes halogenated alkanes) is 1. The Balaban J connectivity index is 1.58. The first-order valence-electron chi connectivity index (χ1n) is 12.9. The van der Waals surface area contributed by atoms with Crippen LogP contribution in [0.1, 0.15) is 85.5 Å². The Morgan fingerprint density at radius 3 is 2.54 bits per heavy atom. The largest absolute Gasteiger partial charge is 0.444 e. The number of aromatic nitrogens is 1. The molecule has 1 aromatic carbocycles. The smallest absolute Gasteiger partial charge is 0.410 e. The Morgan fingerprint density at radius 2 is 1.86 bits per heavy atom. The van der Waals surface area contributed by atoms with E-state index in [1.807, 2.05) is 58.0 Å². The van der Waals surface area contributed by atoms with E-state index in [0.717, 1.165) is 18.4 Å². The number of nitrogens with zero attached hydrogens (tertiary/aromatic N) is 2. The minimum Gasteiger partial charge on any atom is -0.444 e. The maximum atomic E-state index is 13.1. The summed E-state index contributed by atoms with van der Waals surface area (Å²) >= 11 is 0. The lowest BCUT2D eigenvalue weighted by Crippen LogP contribution is -2.53. The standard InChI is InChI=1S/C29H39N3O5/c1-28(2,3)37-27(35)32-15-16-36-29(4,20-32)14-10-9-13-25(33)22-18-23(17-21-11-7-6-8-12-21)31-24(19-22)26(34)30-5/h6-8,11-12,18-19H,9-10,13-17,20H2,1-5H3,(H,30,34). The minimum atomic E-state index is -0.544. The summed E-state index contributed by atoms with van der Waals surface area (Å²) in [4.78, 5) is 44.0. The molecular weight excluding hydrogens is 470 g/mol. The van der Waals surface area contributed by atoms with Gasteiger partial charge in [0.15, 0.2) is 5.78 Å². The summed E-state index contributed by atoms with van der Waals surface area (Å²) in [7, 11) is 1.55. The third-order valence-electron chi connectivity index (χ3n) is 6.24. The number of ether oxygens (including phenoxy) is 2. The average Bonchev–Trinajstić information content (AvgIpc) is 2.85. The van der Waals surface area contributed by atoms with Crippen LogP contribution in [0.4, 0.5) is 4.79 Å². The molecule has 0 saturated carbocycles. The number of ketones is 1. The van der Waals surface area contributed by atoms with Crippen LogP contribution in [0.3, 0.4) is 0 Å². The number of rotatable bonds is 9. The SMILES string of the molecule is CNC(=O)c1cc(C(=O)CCCCC2(C)CN(C(=O)OC(C)(C)C)CCO2)cc(Cc2ccccc2)n1. The first-order chi connectivity index (χ1) is 17.5. The highest BCUT2D eigenvalue weighted by molar-refractivity contribution is 5.99. The molecule has 1 N–H and O–H groups in total. The second-order valence-electron chi connectivity index (χ2n) is 10.8. The van der Waals surface area contributed by atoms with Gasteiger partial charge in [-0.15, -0.1) is 0 Å². The zero-order valence-corrected chi connectivity index (χ0v) is 22.6. The Labute approximate surface area is 219 Å². The molecule has 8 nitrogen and oxygen atoms in total. The Bertz CT molecular complexity index is 1100. The van der Waals surface area contributed by atoms with Crippen molar-refractivity contribution in [1.29, 1.82) is 0 Å². The second-order valence-corrected chi connectivity index (χ2v) is 10.8. The third kappa shape index (κ3) is 8.67. The molecule has 1 fully saturated rings. The average molecular weight is 510 g/mol. The van der Waals surface area contributed by atoms with Gasteiger partial charge in [-0.05, 0) is 58.2 Å². The predicted octanol–water partition coefficient (Wildman–Crippen LogP) is 4.80. The van der Waals surface area contributed by atoms with Gasteiger partial charge in [0, 0.05) is 37.7 Å². The molecule has 0 aliphatic carbocycles. The molecule has 1 aliphatic rings. The van der Waals surface area contributed by atoms with E-state index >= 15 is 0 Å². The zero-order chi connectivity index (χ0) is 27.1. The molecule has 1 saturated heterocycles. The maximum absolute atomic E-state index is 13.1. The van der Waals surface area contributed by atoms with Gasteiger partial charge in [-0.2, -0.15) is 0 Å².